The molecule has 0 amide bonds. The maximum atomic E-state index is 12.2. The molecule has 1 aromatic carbocycles. The molecule has 0 aliphatic heterocycles. The van der Waals surface area contributed by atoms with Crippen molar-refractivity contribution in [3.8, 4) is 0 Å². The molecule has 102 valence electrons. The van der Waals surface area contributed by atoms with Crippen LogP contribution in [0.1, 0.15) is 11.8 Å². The van der Waals surface area contributed by atoms with Crippen LogP contribution >= 0.6 is 38.9 Å². The van der Waals surface area contributed by atoms with Gasteiger partial charge in [0.25, 0.3) is 10.0 Å². The van der Waals surface area contributed by atoms with Crippen LogP contribution < -0.4 is 4.72 Å². The van der Waals surface area contributed by atoms with E-state index in [0.29, 0.717) is 19.4 Å². The van der Waals surface area contributed by atoms with Crippen molar-refractivity contribution in [1.82, 2.24) is 0 Å². The second kappa shape index (κ2) is 5.83. The number of thiophene rings is 1. The molecular formula is C12H11BrClNO2S2. The van der Waals surface area contributed by atoms with Crippen molar-refractivity contribution in [2.45, 2.75) is 17.6 Å². The fourth-order valence-corrected chi connectivity index (χ4v) is 4.48. The van der Waals surface area contributed by atoms with E-state index in [1.165, 1.54) is 11.3 Å². The molecule has 0 aliphatic carbocycles. The van der Waals surface area contributed by atoms with Gasteiger partial charge in [-0.3, -0.25) is 4.72 Å². The molecule has 3 nitrogen and oxygen atoms in total. The number of hydrogen-bond donors (Lipinski definition) is 1. The van der Waals surface area contributed by atoms with Crippen LogP contribution in [0, 0.1) is 0 Å². The highest BCUT2D eigenvalue weighted by Crippen LogP contribution is 2.30. The van der Waals surface area contributed by atoms with Gasteiger partial charge in [-0.05, 0) is 52.7 Å². The number of sulfonamides is 1. The van der Waals surface area contributed by atoms with Gasteiger partial charge < -0.3 is 0 Å². The van der Waals surface area contributed by atoms with E-state index in [0.717, 1.165) is 11.3 Å². The lowest BCUT2D eigenvalue weighted by Gasteiger charge is -2.08. The number of benzene rings is 1. The van der Waals surface area contributed by atoms with E-state index in [1.54, 1.807) is 24.3 Å². The minimum Gasteiger partial charge on any atom is -0.278 e. The second-order valence-electron chi connectivity index (χ2n) is 3.80. The molecule has 1 aromatic heterocycles. The first kappa shape index (κ1) is 14.8. The Bertz CT molecular complexity index is 698. The van der Waals surface area contributed by atoms with Gasteiger partial charge in [-0.1, -0.05) is 18.5 Å². The lowest BCUT2D eigenvalue weighted by Crippen LogP contribution is -2.11. The van der Waals surface area contributed by atoms with Crippen LogP contribution in [0.3, 0.4) is 0 Å². The average molecular weight is 381 g/mol. The summed E-state index contributed by atoms with van der Waals surface area (Å²) < 4.78 is 27.9. The Morgan fingerprint density at radius 2 is 2.05 bits per heavy atom. The predicted molar refractivity (Wildman–Crippen MR) is 83.7 cm³/mol. The van der Waals surface area contributed by atoms with Crippen LogP contribution in [-0.4, -0.2) is 8.42 Å². The first-order valence-corrected chi connectivity index (χ1v) is 8.96. The highest BCUT2D eigenvalue weighted by atomic mass is 79.9. The summed E-state index contributed by atoms with van der Waals surface area (Å²) in [5.74, 6) is 0. The summed E-state index contributed by atoms with van der Waals surface area (Å²) in [6.07, 6.45) is 0.820. The number of anilines is 1. The summed E-state index contributed by atoms with van der Waals surface area (Å²) in [5, 5.41) is 0.473. The second-order valence-corrected chi connectivity index (χ2v) is 8.17. The van der Waals surface area contributed by atoms with Crippen molar-refractivity contribution in [3.63, 3.8) is 0 Å². The monoisotopic (exact) mass is 379 g/mol. The van der Waals surface area contributed by atoms with Crippen molar-refractivity contribution in [2.24, 2.45) is 0 Å². The summed E-state index contributed by atoms with van der Waals surface area (Å²) in [4.78, 5) is 1.03. The van der Waals surface area contributed by atoms with Gasteiger partial charge in [-0.15, -0.1) is 11.3 Å². The molecule has 0 bridgehead atoms. The molecule has 1 heterocycles. The van der Waals surface area contributed by atoms with E-state index in [9.17, 15) is 8.42 Å². The smallest absolute Gasteiger partial charge is 0.271 e. The van der Waals surface area contributed by atoms with Crippen molar-refractivity contribution in [3.05, 3.63) is 44.7 Å². The van der Waals surface area contributed by atoms with Crippen LogP contribution in [0.25, 0.3) is 0 Å². The fourth-order valence-electron chi connectivity index (χ4n) is 1.46. The molecule has 2 rings (SSSR count). The fraction of sp³-hybridized carbons (Fsp3) is 0.167. The highest BCUT2D eigenvalue weighted by Gasteiger charge is 2.18. The van der Waals surface area contributed by atoms with Crippen LogP contribution in [0.15, 0.2) is 39.0 Å². The SMILES string of the molecule is CCc1ccc(S(=O)(=O)Nc2cc(Cl)ccc2Br)s1. The average Bonchev–Trinajstić information content (AvgIpc) is 2.83. The van der Waals surface area contributed by atoms with Gasteiger partial charge in [0.2, 0.25) is 0 Å². The molecule has 0 saturated heterocycles. The Morgan fingerprint density at radius 3 is 2.68 bits per heavy atom. The maximum absolute atomic E-state index is 12.2. The number of nitrogens with one attached hydrogen (secondary N) is 1. The standard InChI is InChI=1S/C12H11BrClNO2S2/c1-2-9-4-6-12(18-9)19(16,17)15-11-7-8(14)3-5-10(11)13/h3-7,15H,2H2,1H3. The Hall–Kier alpha value is -0.560. The lowest BCUT2D eigenvalue weighted by molar-refractivity contribution is 0.603. The molecule has 0 atom stereocenters. The van der Waals surface area contributed by atoms with E-state index >= 15 is 0 Å². The third-order valence-electron chi connectivity index (χ3n) is 2.42. The lowest BCUT2D eigenvalue weighted by atomic mass is 10.3. The maximum Gasteiger partial charge on any atom is 0.271 e. The minimum absolute atomic E-state index is 0.302. The van der Waals surface area contributed by atoms with Gasteiger partial charge >= 0.3 is 0 Å². The predicted octanol–water partition coefficient (Wildman–Crippen LogP) is 4.53. The highest BCUT2D eigenvalue weighted by molar-refractivity contribution is 9.10. The topological polar surface area (TPSA) is 46.2 Å². The summed E-state index contributed by atoms with van der Waals surface area (Å²) in [5.41, 5.74) is 0.430. The van der Waals surface area contributed by atoms with Crippen molar-refractivity contribution >= 4 is 54.6 Å². The van der Waals surface area contributed by atoms with Crippen LogP contribution in [0.4, 0.5) is 5.69 Å². The van der Waals surface area contributed by atoms with E-state index < -0.39 is 10.0 Å². The van der Waals surface area contributed by atoms with Crippen molar-refractivity contribution < 1.29 is 8.42 Å². The van der Waals surface area contributed by atoms with E-state index in [4.69, 9.17) is 11.6 Å². The van der Waals surface area contributed by atoms with Crippen LogP contribution in [0.2, 0.25) is 5.02 Å². The van der Waals surface area contributed by atoms with Crippen molar-refractivity contribution in [2.75, 3.05) is 4.72 Å². The minimum atomic E-state index is -3.56. The largest absolute Gasteiger partial charge is 0.278 e. The number of hydrogen-bond acceptors (Lipinski definition) is 3. The molecule has 0 spiro atoms. The first-order valence-electron chi connectivity index (χ1n) is 5.49. The molecule has 0 saturated carbocycles. The Kier molecular flexibility index (Phi) is 4.55. The Morgan fingerprint density at radius 1 is 1.32 bits per heavy atom. The van der Waals surface area contributed by atoms with Gasteiger partial charge in [0.15, 0.2) is 0 Å². The molecule has 19 heavy (non-hydrogen) atoms. The first-order chi connectivity index (χ1) is 8.92. The zero-order valence-corrected chi connectivity index (χ0v) is 14.0. The summed E-state index contributed by atoms with van der Waals surface area (Å²) in [7, 11) is -3.56. The molecule has 0 unspecified atom stereocenters. The molecular weight excluding hydrogens is 370 g/mol. The molecule has 7 heteroatoms. The normalized spacial score (nSPS) is 11.5. The summed E-state index contributed by atoms with van der Waals surface area (Å²) >= 11 is 10.4. The number of rotatable bonds is 4. The molecule has 2 aromatic rings. The van der Waals surface area contributed by atoms with Crippen molar-refractivity contribution in [1.29, 1.82) is 0 Å². The number of aryl methyl sites for hydroxylation is 1. The van der Waals surface area contributed by atoms with Gasteiger partial charge in [0.1, 0.15) is 4.21 Å². The summed E-state index contributed by atoms with van der Waals surface area (Å²) in [6.45, 7) is 1.99. The van der Waals surface area contributed by atoms with Crippen LogP contribution in [0.5, 0.6) is 0 Å². The quantitative estimate of drug-likeness (QED) is 0.847. The van der Waals surface area contributed by atoms with Gasteiger partial charge in [-0.25, -0.2) is 8.42 Å². The third kappa shape index (κ3) is 3.51. The molecule has 0 radical (unpaired) electrons. The van der Waals surface area contributed by atoms with Gasteiger partial charge in [0, 0.05) is 14.4 Å². The van der Waals surface area contributed by atoms with E-state index in [1.807, 2.05) is 13.0 Å². The zero-order valence-electron chi connectivity index (χ0n) is 9.98. The Labute approximate surface area is 129 Å². The Balaban J connectivity index is 2.33. The number of halogens is 2. The summed E-state index contributed by atoms with van der Waals surface area (Å²) in [6, 6.07) is 8.39. The van der Waals surface area contributed by atoms with Gasteiger partial charge in [0.05, 0.1) is 5.69 Å². The molecule has 1 N–H and O–H groups in total. The van der Waals surface area contributed by atoms with Gasteiger partial charge in [-0.2, -0.15) is 0 Å². The molecule has 0 fully saturated rings. The zero-order chi connectivity index (χ0) is 14.0. The molecule has 0 aliphatic rings. The van der Waals surface area contributed by atoms with Crippen LogP contribution in [-0.2, 0) is 16.4 Å². The van der Waals surface area contributed by atoms with E-state index in [2.05, 4.69) is 20.7 Å². The van der Waals surface area contributed by atoms with E-state index in [-0.39, 0.29) is 0 Å². The third-order valence-corrected chi connectivity index (χ3v) is 6.44.